The number of aliphatic hydroxyl groups is 1. The number of aromatic nitrogens is 4. The third kappa shape index (κ3) is 3.18. The predicted octanol–water partition coefficient (Wildman–Crippen LogP) is 3.90. The molecule has 160 valence electrons. The van der Waals surface area contributed by atoms with Gasteiger partial charge in [0.15, 0.2) is 11.5 Å². The van der Waals surface area contributed by atoms with Crippen LogP contribution in [0.25, 0.3) is 16.6 Å². The van der Waals surface area contributed by atoms with Crippen LogP contribution in [0.15, 0.2) is 36.4 Å². The predicted molar refractivity (Wildman–Crippen MR) is 116 cm³/mol. The number of anilines is 1. The molecule has 0 unspecified atom stereocenters. The van der Waals surface area contributed by atoms with Crippen LogP contribution in [-0.2, 0) is 5.60 Å². The Morgan fingerprint density at radius 2 is 1.90 bits per heavy atom. The average Bonchev–Trinajstić information content (AvgIpc) is 3.12. The standard InChI is InChI=1S/C23H24FN5O2/c1-23(2,30)17-7-5-4-6-15(17)12-8-13(9-12)20-27-21-16-10-14(24)11-18(31-3)19(16)26-22(25)29(21)28-20/h4-7,10-13,30H,8-9H2,1-3H3,(H2,25,26). The van der Waals surface area contributed by atoms with Crippen LogP contribution in [0.4, 0.5) is 10.3 Å². The van der Waals surface area contributed by atoms with E-state index in [1.807, 2.05) is 18.2 Å². The summed E-state index contributed by atoms with van der Waals surface area (Å²) in [6, 6.07) is 10.7. The van der Waals surface area contributed by atoms with Crippen LogP contribution in [0, 0.1) is 5.82 Å². The van der Waals surface area contributed by atoms with Crippen LogP contribution in [0.3, 0.4) is 0 Å². The van der Waals surface area contributed by atoms with E-state index in [1.54, 1.807) is 13.8 Å². The summed E-state index contributed by atoms with van der Waals surface area (Å²) in [5.41, 5.74) is 8.25. The van der Waals surface area contributed by atoms with E-state index in [9.17, 15) is 9.50 Å². The number of hydrogen-bond acceptors (Lipinski definition) is 6. The molecule has 0 radical (unpaired) electrons. The zero-order chi connectivity index (χ0) is 21.9. The first-order chi connectivity index (χ1) is 14.8. The number of hydrogen-bond donors (Lipinski definition) is 2. The van der Waals surface area contributed by atoms with E-state index in [0.29, 0.717) is 34.0 Å². The molecule has 3 N–H and O–H groups in total. The maximum absolute atomic E-state index is 14.1. The largest absolute Gasteiger partial charge is 0.494 e. The number of fused-ring (bicyclic) bond motifs is 3. The molecule has 5 rings (SSSR count). The maximum atomic E-state index is 14.1. The first-order valence-electron chi connectivity index (χ1n) is 10.3. The van der Waals surface area contributed by atoms with Gasteiger partial charge in [-0.15, -0.1) is 5.10 Å². The van der Waals surface area contributed by atoms with Gasteiger partial charge in [0, 0.05) is 12.0 Å². The summed E-state index contributed by atoms with van der Waals surface area (Å²) in [4.78, 5) is 9.05. The fourth-order valence-electron chi connectivity index (χ4n) is 4.51. The third-order valence-electron chi connectivity index (χ3n) is 6.13. The van der Waals surface area contributed by atoms with E-state index in [0.717, 1.165) is 24.0 Å². The topological polar surface area (TPSA) is 98.6 Å². The highest BCUT2D eigenvalue weighted by molar-refractivity contribution is 5.95. The van der Waals surface area contributed by atoms with Gasteiger partial charge in [0.05, 0.1) is 18.1 Å². The summed E-state index contributed by atoms with van der Waals surface area (Å²) >= 11 is 0. The van der Waals surface area contributed by atoms with Gasteiger partial charge in [0.25, 0.3) is 0 Å². The van der Waals surface area contributed by atoms with Crippen molar-refractivity contribution in [3.8, 4) is 5.75 Å². The molecule has 0 amide bonds. The normalized spacial score (nSPS) is 19.0. The SMILES string of the molecule is COc1cc(F)cc2c1nc(N)n1nc(C3CC(c4ccccc4C(C)(C)O)C3)nc21. The molecule has 0 aliphatic heterocycles. The summed E-state index contributed by atoms with van der Waals surface area (Å²) in [5.74, 6) is 1.19. The second kappa shape index (κ2) is 6.88. The zero-order valence-electron chi connectivity index (χ0n) is 17.6. The number of halogens is 1. The van der Waals surface area contributed by atoms with Gasteiger partial charge < -0.3 is 15.6 Å². The van der Waals surface area contributed by atoms with Gasteiger partial charge in [-0.2, -0.15) is 4.52 Å². The highest BCUT2D eigenvalue weighted by Crippen LogP contribution is 2.48. The molecule has 1 fully saturated rings. The van der Waals surface area contributed by atoms with Gasteiger partial charge in [-0.05, 0) is 49.8 Å². The van der Waals surface area contributed by atoms with E-state index in [2.05, 4.69) is 16.1 Å². The Kier molecular flexibility index (Phi) is 4.37. The zero-order valence-corrected chi connectivity index (χ0v) is 17.6. The van der Waals surface area contributed by atoms with Crippen LogP contribution in [-0.4, -0.2) is 31.8 Å². The van der Waals surface area contributed by atoms with Crippen LogP contribution in [0.1, 0.15) is 55.5 Å². The molecular formula is C23H24FN5O2. The van der Waals surface area contributed by atoms with Gasteiger partial charge in [-0.1, -0.05) is 24.3 Å². The van der Waals surface area contributed by atoms with Crippen molar-refractivity contribution in [2.45, 2.75) is 44.1 Å². The molecular weight excluding hydrogens is 397 g/mol. The van der Waals surface area contributed by atoms with Crippen LogP contribution < -0.4 is 10.5 Å². The summed E-state index contributed by atoms with van der Waals surface area (Å²) in [7, 11) is 1.46. The molecule has 31 heavy (non-hydrogen) atoms. The van der Waals surface area contributed by atoms with Crippen molar-refractivity contribution in [1.29, 1.82) is 0 Å². The second-order valence-electron chi connectivity index (χ2n) is 8.69. The summed E-state index contributed by atoms with van der Waals surface area (Å²) in [6.45, 7) is 3.61. The Hall–Kier alpha value is -3.26. The summed E-state index contributed by atoms with van der Waals surface area (Å²) < 4.78 is 20.8. The number of nitrogens with two attached hydrogens (primary N) is 1. The van der Waals surface area contributed by atoms with Crippen molar-refractivity contribution in [1.82, 2.24) is 19.6 Å². The second-order valence-corrected chi connectivity index (χ2v) is 8.69. The molecule has 0 saturated heterocycles. The molecule has 0 atom stereocenters. The molecule has 2 aromatic carbocycles. The van der Waals surface area contributed by atoms with Crippen molar-refractivity contribution in [2.75, 3.05) is 12.8 Å². The lowest BCUT2D eigenvalue weighted by molar-refractivity contribution is 0.0763. The van der Waals surface area contributed by atoms with Gasteiger partial charge >= 0.3 is 0 Å². The van der Waals surface area contributed by atoms with Crippen molar-refractivity contribution < 1.29 is 14.2 Å². The minimum absolute atomic E-state index is 0.157. The Morgan fingerprint density at radius 1 is 1.16 bits per heavy atom. The first-order valence-corrected chi connectivity index (χ1v) is 10.3. The van der Waals surface area contributed by atoms with Gasteiger partial charge in [0.1, 0.15) is 17.1 Å². The fraction of sp³-hybridized carbons (Fsp3) is 0.348. The number of nitrogen functional groups attached to an aromatic ring is 1. The van der Waals surface area contributed by atoms with Crippen LogP contribution >= 0.6 is 0 Å². The molecule has 0 bridgehead atoms. The number of nitrogens with zero attached hydrogens (tertiary/aromatic N) is 4. The lowest BCUT2D eigenvalue weighted by Gasteiger charge is -2.36. The molecule has 1 aliphatic rings. The van der Waals surface area contributed by atoms with E-state index in [-0.39, 0.29) is 11.9 Å². The minimum atomic E-state index is -0.898. The lowest BCUT2D eigenvalue weighted by Crippen LogP contribution is -2.26. The molecule has 4 aromatic rings. The molecule has 2 aromatic heterocycles. The molecule has 1 saturated carbocycles. The fourth-order valence-corrected chi connectivity index (χ4v) is 4.51. The van der Waals surface area contributed by atoms with E-state index < -0.39 is 11.4 Å². The molecule has 7 nitrogen and oxygen atoms in total. The first kappa shape index (κ1) is 19.7. The van der Waals surface area contributed by atoms with E-state index >= 15 is 0 Å². The highest BCUT2D eigenvalue weighted by Gasteiger charge is 2.37. The van der Waals surface area contributed by atoms with Crippen molar-refractivity contribution in [3.63, 3.8) is 0 Å². The molecule has 0 spiro atoms. The average molecular weight is 421 g/mol. The van der Waals surface area contributed by atoms with Crippen molar-refractivity contribution in [3.05, 3.63) is 59.2 Å². The molecule has 1 aliphatic carbocycles. The Balaban J connectivity index is 1.50. The van der Waals surface area contributed by atoms with Crippen molar-refractivity contribution in [2.24, 2.45) is 0 Å². The Morgan fingerprint density at radius 3 is 2.61 bits per heavy atom. The number of ether oxygens (including phenoxy) is 1. The molecule has 8 heteroatoms. The lowest BCUT2D eigenvalue weighted by atomic mass is 9.69. The van der Waals surface area contributed by atoms with Gasteiger partial charge in [-0.3, -0.25) is 0 Å². The van der Waals surface area contributed by atoms with Crippen LogP contribution in [0.2, 0.25) is 0 Å². The number of rotatable bonds is 4. The quantitative estimate of drug-likeness (QED) is 0.519. The summed E-state index contributed by atoms with van der Waals surface area (Å²) in [5, 5.41) is 15.6. The van der Waals surface area contributed by atoms with Crippen molar-refractivity contribution >= 4 is 22.5 Å². The highest BCUT2D eigenvalue weighted by atomic mass is 19.1. The Labute approximate surface area is 178 Å². The smallest absolute Gasteiger partial charge is 0.223 e. The maximum Gasteiger partial charge on any atom is 0.223 e. The van der Waals surface area contributed by atoms with E-state index in [1.165, 1.54) is 23.8 Å². The minimum Gasteiger partial charge on any atom is -0.494 e. The van der Waals surface area contributed by atoms with E-state index in [4.69, 9.17) is 15.5 Å². The third-order valence-corrected chi connectivity index (χ3v) is 6.13. The number of benzene rings is 2. The monoisotopic (exact) mass is 421 g/mol. The number of methoxy groups -OCH3 is 1. The Bertz CT molecular complexity index is 1310. The molecule has 2 heterocycles. The summed E-state index contributed by atoms with van der Waals surface area (Å²) in [6.07, 6.45) is 1.74. The van der Waals surface area contributed by atoms with Crippen LogP contribution in [0.5, 0.6) is 5.75 Å². The van der Waals surface area contributed by atoms with Gasteiger partial charge in [-0.25, -0.2) is 14.4 Å². The van der Waals surface area contributed by atoms with Gasteiger partial charge in [0.2, 0.25) is 5.95 Å².